The molecule has 1 unspecified atom stereocenters. The number of ether oxygens (including phenoxy) is 1. The molecule has 94 valence electrons. The fourth-order valence-corrected chi connectivity index (χ4v) is 2.32. The highest BCUT2D eigenvalue weighted by Crippen LogP contribution is 2.28. The lowest BCUT2D eigenvalue weighted by molar-refractivity contribution is 0.0382. The van der Waals surface area contributed by atoms with Gasteiger partial charge in [0.15, 0.2) is 0 Å². The summed E-state index contributed by atoms with van der Waals surface area (Å²) in [5.74, 6) is 0.830. The Labute approximate surface area is 107 Å². The van der Waals surface area contributed by atoms with E-state index in [0.717, 1.165) is 37.5 Å². The molecular weight excluding hydrogens is 238 g/mol. The molecular formula is C12H18ClN3O. The Morgan fingerprint density at radius 3 is 3.18 bits per heavy atom. The monoisotopic (exact) mass is 255 g/mol. The van der Waals surface area contributed by atoms with Gasteiger partial charge in [0, 0.05) is 25.8 Å². The molecule has 2 rings (SSSR count). The smallest absolute Gasteiger partial charge is 0.147 e. The molecule has 1 aliphatic heterocycles. The minimum Gasteiger partial charge on any atom is -0.375 e. The van der Waals surface area contributed by atoms with Crippen LogP contribution in [0.2, 0.25) is 5.02 Å². The van der Waals surface area contributed by atoms with Crippen LogP contribution in [0.5, 0.6) is 0 Å². The summed E-state index contributed by atoms with van der Waals surface area (Å²) in [6.45, 7) is 4.97. The molecule has 0 aromatic carbocycles. The predicted molar refractivity (Wildman–Crippen MR) is 69.4 cm³/mol. The van der Waals surface area contributed by atoms with Crippen molar-refractivity contribution in [3.63, 3.8) is 0 Å². The minimum atomic E-state index is 0.267. The summed E-state index contributed by atoms with van der Waals surface area (Å²) in [5, 5.41) is 0.673. The van der Waals surface area contributed by atoms with Crippen LogP contribution in [0.1, 0.15) is 18.9 Å². The van der Waals surface area contributed by atoms with Gasteiger partial charge in [-0.05, 0) is 18.1 Å². The van der Waals surface area contributed by atoms with Crippen LogP contribution in [0, 0.1) is 0 Å². The number of morpholine rings is 1. The second-order valence-corrected chi connectivity index (χ2v) is 4.54. The molecule has 2 heterocycles. The van der Waals surface area contributed by atoms with Crippen LogP contribution in [-0.2, 0) is 11.3 Å². The maximum atomic E-state index is 6.31. The van der Waals surface area contributed by atoms with Gasteiger partial charge >= 0.3 is 0 Å². The van der Waals surface area contributed by atoms with E-state index in [1.165, 1.54) is 0 Å². The third kappa shape index (κ3) is 2.70. The fraction of sp³-hybridized carbons (Fsp3) is 0.583. The first-order chi connectivity index (χ1) is 8.26. The third-order valence-corrected chi connectivity index (χ3v) is 3.48. The highest BCUT2D eigenvalue weighted by atomic mass is 35.5. The van der Waals surface area contributed by atoms with Gasteiger partial charge in [-0.3, -0.25) is 0 Å². The number of hydrogen-bond acceptors (Lipinski definition) is 4. The zero-order valence-corrected chi connectivity index (χ0v) is 10.8. The van der Waals surface area contributed by atoms with Gasteiger partial charge in [0.25, 0.3) is 0 Å². The molecule has 5 heteroatoms. The standard InChI is InChI=1S/C12H18ClN3O/c1-2-10-8-16(5-6-17-10)12-11(13)9(7-14)3-4-15-12/h3-4,10H,2,5-8,14H2,1H3. The van der Waals surface area contributed by atoms with Crippen molar-refractivity contribution in [1.82, 2.24) is 4.98 Å². The van der Waals surface area contributed by atoms with Crippen molar-refractivity contribution in [3.05, 3.63) is 22.8 Å². The molecule has 2 N–H and O–H groups in total. The molecule has 1 atom stereocenters. The third-order valence-electron chi connectivity index (χ3n) is 3.06. The van der Waals surface area contributed by atoms with Crippen molar-refractivity contribution in [3.8, 4) is 0 Å². The van der Waals surface area contributed by atoms with Gasteiger partial charge in [-0.15, -0.1) is 0 Å². The van der Waals surface area contributed by atoms with Gasteiger partial charge in [-0.25, -0.2) is 4.98 Å². The molecule has 0 aliphatic carbocycles. The van der Waals surface area contributed by atoms with Crippen LogP contribution in [0.4, 0.5) is 5.82 Å². The highest BCUT2D eigenvalue weighted by Gasteiger charge is 2.22. The number of aromatic nitrogens is 1. The van der Waals surface area contributed by atoms with Gasteiger partial charge in [-0.2, -0.15) is 0 Å². The predicted octanol–water partition coefficient (Wildman–Crippen LogP) is 1.81. The van der Waals surface area contributed by atoms with Crippen LogP contribution in [0.15, 0.2) is 12.3 Å². The number of nitrogens with zero attached hydrogens (tertiary/aromatic N) is 2. The topological polar surface area (TPSA) is 51.4 Å². The summed E-state index contributed by atoms with van der Waals surface area (Å²) in [7, 11) is 0. The van der Waals surface area contributed by atoms with E-state index in [1.54, 1.807) is 6.20 Å². The molecule has 1 aromatic heterocycles. The van der Waals surface area contributed by atoms with Crippen LogP contribution in [0.3, 0.4) is 0 Å². The first-order valence-electron chi connectivity index (χ1n) is 5.96. The maximum absolute atomic E-state index is 6.31. The maximum Gasteiger partial charge on any atom is 0.147 e. The molecule has 1 aliphatic rings. The van der Waals surface area contributed by atoms with Crippen molar-refractivity contribution in [2.45, 2.75) is 26.0 Å². The van der Waals surface area contributed by atoms with Crippen molar-refractivity contribution in [2.75, 3.05) is 24.6 Å². The Hall–Kier alpha value is -0.840. The number of pyridine rings is 1. The van der Waals surface area contributed by atoms with Gasteiger partial charge in [0.1, 0.15) is 5.82 Å². The molecule has 0 bridgehead atoms. The van der Waals surface area contributed by atoms with Crippen LogP contribution >= 0.6 is 11.6 Å². The molecule has 0 saturated carbocycles. The molecule has 0 spiro atoms. The van der Waals surface area contributed by atoms with Crippen LogP contribution < -0.4 is 10.6 Å². The van der Waals surface area contributed by atoms with E-state index in [4.69, 9.17) is 22.1 Å². The average molecular weight is 256 g/mol. The summed E-state index contributed by atoms with van der Waals surface area (Å²) in [6.07, 6.45) is 3.04. The molecule has 1 fully saturated rings. The van der Waals surface area contributed by atoms with E-state index in [1.807, 2.05) is 6.07 Å². The van der Waals surface area contributed by atoms with Crippen molar-refractivity contribution >= 4 is 17.4 Å². The number of rotatable bonds is 3. The molecule has 1 saturated heterocycles. The quantitative estimate of drug-likeness (QED) is 0.895. The van der Waals surface area contributed by atoms with Gasteiger partial charge in [-0.1, -0.05) is 18.5 Å². The number of hydrogen-bond donors (Lipinski definition) is 1. The summed E-state index contributed by atoms with van der Waals surface area (Å²) in [5.41, 5.74) is 6.59. The second-order valence-electron chi connectivity index (χ2n) is 4.16. The van der Waals surface area contributed by atoms with Gasteiger partial charge in [0.05, 0.1) is 17.7 Å². The van der Waals surface area contributed by atoms with Crippen molar-refractivity contribution in [1.29, 1.82) is 0 Å². The summed E-state index contributed by atoms with van der Waals surface area (Å²) in [6, 6.07) is 1.86. The SMILES string of the molecule is CCC1CN(c2nccc(CN)c2Cl)CCO1. The molecule has 4 nitrogen and oxygen atoms in total. The van der Waals surface area contributed by atoms with E-state index in [0.29, 0.717) is 11.6 Å². The largest absolute Gasteiger partial charge is 0.375 e. The van der Waals surface area contributed by atoms with E-state index < -0.39 is 0 Å². The summed E-state index contributed by atoms with van der Waals surface area (Å²) >= 11 is 6.31. The number of anilines is 1. The van der Waals surface area contributed by atoms with Gasteiger partial charge < -0.3 is 15.4 Å². The minimum absolute atomic E-state index is 0.267. The number of halogens is 1. The first-order valence-corrected chi connectivity index (χ1v) is 6.34. The molecule has 1 aromatic rings. The second kappa shape index (κ2) is 5.67. The van der Waals surface area contributed by atoms with E-state index in [9.17, 15) is 0 Å². The summed E-state index contributed by atoms with van der Waals surface area (Å²) < 4.78 is 5.64. The van der Waals surface area contributed by atoms with Crippen LogP contribution in [-0.4, -0.2) is 30.8 Å². The van der Waals surface area contributed by atoms with E-state index in [2.05, 4.69) is 16.8 Å². The molecule has 0 amide bonds. The lowest BCUT2D eigenvalue weighted by atomic mass is 10.2. The molecule has 17 heavy (non-hydrogen) atoms. The van der Waals surface area contributed by atoms with Crippen molar-refractivity contribution in [2.24, 2.45) is 5.73 Å². The number of nitrogens with two attached hydrogens (primary N) is 1. The van der Waals surface area contributed by atoms with Crippen molar-refractivity contribution < 1.29 is 4.74 Å². The lowest BCUT2D eigenvalue weighted by Crippen LogP contribution is -2.42. The normalized spacial score (nSPS) is 20.6. The zero-order valence-electron chi connectivity index (χ0n) is 10.0. The van der Waals surface area contributed by atoms with Gasteiger partial charge in [0.2, 0.25) is 0 Å². The average Bonchev–Trinajstić information content (AvgIpc) is 2.39. The molecule has 0 radical (unpaired) electrons. The Bertz CT molecular complexity index is 386. The fourth-order valence-electron chi connectivity index (χ4n) is 2.01. The Morgan fingerprint density at radius 1 is 1.65 bits per heavy atom. The lowest BCUT2D eigenvalue weighted by Gasteiger charge is -2.34. The van der Waals surface area contributed by atoms with E-state index in [-0.39, 0.29) is 6.10 Å². The van der Waals surface area contributed by atoms with Crippen LogP contribution in [0.25, 0.3) is 0 Å². The summed E-state index contributed by atoms with van der Waals surface area (Å²) in [4.78, 5) is 6.54. The Balaban J connectivity index is 2.21. The highest BCUT2D eigenvalue weighted by molar-refractivity contribution is 6.33. The first kappa shape index (κ1) is 12.6. The Morgan fingerprint density at radius 2 is 2.47 bits per heavy atom. The van der Waals surface area contributed by atoms with E-state index >= 15 is 0 Å². The Kier molecular flexibility index (Phi) is 4.20. The zero-order chi connectivity index (χ0) is 12.3.